The first kappa shape index (κ1) is 22.1. The summed E-state index contributed by atoms with van der Waals surface area (Å²) in [4.78, 5) is 13.8. The monoisotopic (exact) mass is 462 g/mol. The maximum Gasteiger partial charge on any atom is 0.410 e. The summed E-state index contributed by atoms with van der Waals surface area (Å²) in [6.45, 7) is 0. The molecule has 0 spiro atoms. The molecule has 0 fully saturated rings. The standard InChI is InChI=1S/C22H21F3N4O2S/c1-31-14-9-7-13(8-10-14)17-11-19(22(23,24)25)29-20(27-17)15(12-26-29)21(30)28-16-5-3-4-6-18(16)32-2/h3-10,12,17,19,27H,11H2,1-2H3,(H,28,30)/t17-,19+/m1/s1. The van der Waals surface area contributed by atoms with Gasteiger partial charge in [-0.1, -0.05) is 24.3 Å². The lowest BCUT2D eigenvalue weighted by atomic mass is 9.96. The molecule has 2 heterocycles. The number of nitrogens with one attached hydrogen (secondary N) is 2. The van der Waals surface area contributed by atoms with E-state index in [1.54, 1.807) is 36.4 Å². The van der Waals surface area contributed by atoms with Gasteiger partial charge in [0, 0.05) is 11.3 Å². The number of halogens is 3. The Balaban J connectivity index is 1.68. The lowest BCUT2D eigenvalue weighted by Crippen LogP contribution is -2.36. The molecule has 0 unspecified atom stereocenters. The predicted octanol–water partition coefficient (Wildman–Crippen LogP) is 5.53. The number of alkyl halides is 3. The van der Waals surface area contributed by atoms with Crippen LogP contribution < -0.4 is 15.4 Å². The zero-order valence-electron chi connectivity index (χ0n) is 17.3. The number of rotatable bonds is 5. The minimum atomic E-state index is -4.52. The Labute approximate surface area is 187 Å². The van der Waals surface area contributed by atoms with E-state index in [4.69, 9.17) is 4.74 Å². The number of nitrogens with zero attached hydrogens (tertiary/aromatic N) is 2. The van der Waals surface area contributed by atoms with Gasteiger partial charge in [0.15, 0.2) is 6.04 Å². The largest absolute Gasteiger partial charge is 0.497 e. The average Bonchev–Trinajstić information content (AvgIpc) is 3.22. The molecule has 6 nitrogen and oxygen atoms in total. The molecular weight excluding hydrogens is 441 g/mol. The SMILES string of the molecule is COc1ccc([C@H]2C[C@@H](C(F)(F)F)n3ncc(C(=O)Nc4ccccc4SC)c3N2)cc1. The highest BCUT2D eigenvalue weighted by molar-refractivity contribution is 7.98. The van der Waals surface area contributed by atoms with Crippen LogP contribution in [0.15, 0.2) is 59.6 Å². The molecule has 0 radical (unpaired) electrons. The van der Waals surface area contributed by atoms with Crippen LogP contribution >= 0.6 is 11.8 Å². The number of methoxy groups -OCH3 is 1. The first-order valence-electron chi connectivity index (χ1n) is 9.81. The van der Waals surface area contributed by atoms with Crippen molar-refractivity contribution in [3.63, 3.8) is 0 Å². The molecule has 4 rings (SSSR count). The van der Waals surface area contributed by atoms with Crippen molar-refractivity contribution >= 4 is 29.2 Å². The normalized spacial score (nSPS) is 17.9. The minimum absolute atomic E-state index is 0.0403. The van der Waals surface area contributed by atoms with Gasteiger partial charge in [-0.15, -0.1) is 11.8 Å². The highest BCUT2D eigenvalue weighted by atomic mass is 32.2. The molecule has 1 aliphatic heterocycles. The fourth-order valence-electron chi connectivity index (χ4n) is 3.72. The van der Waals surface area contributed by atoms with Crippen LogP contribution in [0.3, 0.4) is 0 Å². The molecule has 10 heteroatoms. The Hall–Kier alpha value is -3.14. The maximum atomic E-state index is 13.9. The zero-order valence-corrected chi connectivity index (χ0v) is 18.1. The fourth-order valence-corrected chi connectivity index (χ4v) is 4.27. The highest BCUT2D eigenvalue weighted by Gasteiger charge is 2.47. The maximum absolute atomic E-state index is 13.9. The van der Waals surface area contributed by atoms with Crippen molar-refractivity contribution in [2.75, 3.05) is 24.0 Å². The third-order valence-electron chi connectivity index (χ3n) is 5.36. The molecule has 3 aromatic rings. The average molecular weight is 462 g/mol. The quantitative estimate of drug-likeness (QED) is 0.489. The summed E-state index contributed by atoms with van der Waals surface area (Å²) in [5, 5.41) is 9.79. The molecule has 1 amide bonds. The first-order valence-corrected chi connectivity index (χ1v) is 11.0. The first-order chi connectivity index (χ1) is 15.3. The van der Waals surface area contributed by atoms with Crippen molar-refractivity contribution in [2.45, 2.75) is 29.6 Å². The lowest BCUT2D eigenvalue weighted by Gasteiger charge is -2.34. The number of ether oxygens (including phenoxy) is 1. The molecule has 2 atom stereocenters. The number of hydrogen-bond donors (Lipinski definition) is 2. The Morgan fingerprint density at radius 2 is 1.94 bits per heavy atom. The van der Waals surface area contributed by atoms with Gasteiger partial charge in [0.1, 0.15) is 17.1 Å². The Morgan fingerprint density at radius 3 is 2.59 bits per heavy atom. The number of thioether (sulfide) groups is 1. The summed E-state index contributed by atoms with van der Waals surface area (Å²) >= 11 is 1.46. The minimum Gasteiger partial charge on any atom is -0.497 e. The molecule has 0 aliphatic carbocycles. The third kappa shape index (κ3) is 4.27. The van der Waals surface area contributed by atoms with Gasteiger partial charge in [0.2, 0.25) is 0 Å². The van der Waals surface area contributed by atoms with Gasteiger partial charge in [-0.25, -0.2) is 4.68 Å². The molecular formula is C22H21F3N4O2S. The summed E-state index contributed by atoms with van der Waals surface area (Å²) in [6.07, 6.45) is -1.72. The summed E-state index contributed by atoms with van der Waals surface area (Å²) < 4.78 is 47.6. The van der Waals surface area contributed by atoms with Crippen LogP contribution in [0.2, 0.25) is 0 Å². The van der Waals surface area contributed by atoms with Crippen LogP contribution in [0.25, 0.3) is 0 Å². The van der Waals surface area contributed by atoms with E-state index in [1.165, 1.54) is 25.1 Å². The summed E-state index contributed by atoms with van der Waals surface area (Å²) in [5.41, 5.74) is 1.29. The van der Waals surface area contributed by atoms with Crippen molar-refractivity contribution in [1.82, 2.24) is 9.78 Å². The number of para-hydroxylation sites is 1. The number of fused-ring (bicyclic) bond motifs is 1. The van der Waals surface area contributed by atoms with Gasteiger partial charge in [-0.3, -0.25) is 4.79 Å². The lowest BCUT2D eigenvalue weighted by molar-refractivity contribution is -0.173. The second-order valence-corrected chi connectivity index (χ2v) is 8.12. The molecule has 0 saturated heterocycles. The van der Waals surface area contributed by atoms with E-state index in [2.05, 4.69) is 15.7 Å². The van der Waals surface area contributed by atoms with Crippen molar-refractivity contribution in [1.29, 1.82) is 0 Å². The van der Waals surface area contributed by atoms with Crippen molar-refractivity contribution in [3.05, 3.63) is 65.9 Å². The third-order valence-corrected chi connectivity index (χ3v) is 6.15. The molecule has 2 N–H and O–H groups in total. The number of amides is 1. The molecule has 1 aromatic heterocycles. The van der Waals surface area contributed by atoms with Gasteiger partial charge in [0.05, 0.1) is 25.0 Å². The smallest absolute Gasteiger partial charge is 0.410 e. The van der Waals surface area contributed by atoms with Crippen LogP contribution in [0.1, 0.15) is 34.4 Å². The highest BCUT2D eigenvalue weighted by Crippen LogP contribution is 2.44. The second-order valence-electron chi connectivity index (χ2n) is 7.27. The molecule has 2 aromatic carbocycles. The molecule has 0 saturated carbocycles. The van der Waals surface area contributed by atoms with E-state index in [0.29, 0.717) is 17.0 Å². The molecule has 0 bridgehead atoms. The molecule has 168 valence electrons. The number of aromatic nitrogens is 2. The summed E-state index contributed by atoms with van der Waals surface area (Å²) in [6, 6.07) is 11.5. The molecule has 1 aliphatic rings. The van der Waals surface area contributed by atoms with Gasteiger partial charge < -0.3 is 15.4 Å². The number of hydrogen-bond acceptors (Lipinski definition) is 5. The number of benzene rings is 2. The summed E-state index contributed by atoms with van der Waals surface area (Å²) in [5.74, 6) is 0.115. The second kappa shape index (κ2) is 8.78. The fraction of sp³-hybridized carbons (Fsp3) is 0.273. The molecule has 32 heavy (non-hydrogen) atoms. The van der Waals surface area contributed by atoms with Gasteiger partial charge in [0.25, 0.3) is 5.91 Å². The van der Waals surface area contributed by atoms with Crippen LogP contribution in [-0.2, 0) is 0 Å². The number of anilines is 2. The van der Waals surface area contributed by atoms with Crippen LogP contribution in [0, 0.1) is 0 Å². The van der Waals surface area contributed by atoms with Crippen molar-refractivity contribution < 1.29 is 22.7 Å². The Kier molecular flexibility index (Phi) is 6.05. The van der Waals surface area contributed by atoms with Gasteiger partial charge in [-0.05, 0) is 36.1 Å². The van der Waals surface area contributed by atoms with E-state index in [1.807, 2.05) is 18.4 Å². The van der Waals surface area contributed by atoms with E-state index in [9.17, 15) is 18.0 Å². The predicted molar refractivity (Wildman–Crippen MR) is 117 cm³/mol. The Bertz CT molecular complexity index is 1120. The van der Waals surface area contributed by atoms with Crippen LogP contribution in [0.5, 0.6) is 5.75 Å². The Morgan fingerprint density at radius 1 is 1.22 bits per heavy atom. The van der Waals surface area contributed by atoms with E-state index >= 15 is 0 Å². The number of carbonyl (C=O) groups excluding carboxylic acids is 1. The summed E-state index contributed by atoms with van der Waals surface area (Å²) in [7, 11) is 1.52. The zero-order chi connectivity index (χ0) is 22.9. The van der Waals surface area contributed by atoms with Crippen molar-refractivity contribution in [3.8, 4) is 5.75 Å². The van der Waals surface area contributed by atoms with Gasteiger partial charge >= 0.3 is 6.18 Å². The van der Waals surface area contributed by atoms with E-state index in [0.717, 1.165) is 9.58 Å². The number of carbonyl (C=O) groups is 1. The van der Waals surface area contributed by atoms with E-state index < -0.39 is 24.2 Å². The van der Waals surface area contributed by atoms with Crippen LogP contribution in [0.4, 0.5) is 24.7 Å². The van der Waals surface area contributed by atoms with E-state index in [-0.39, 0.29) is 17.8 Å². The topological polar surface area (TPSA) is 68.2 Å². The van der Waals surface area contributed by atoms with Gasteiger partial charge in [-0.2, -0.15) is 18.3 Å². The van der Waals surface area contributed by atoms with Crippen molar-refractivity contribution in [2.24, 2.45) is 0 Å². The van der Waals surface area contributed by atoms with Crippen LogP contribution in [-0.4, -0.2) is 35.2 Å².